The number of hydrogen-bond acceptors (Lipinski definition) is 9. The number of aromatic nitrogens is 2. The lowest BCUT2D eigenvalue weighted by molar-refractivity contribution is 0.0955. The second-order valence-electron chi connectivity index (χ2n) is 8.19. The molecule has 0 saturated carbocycles. The van der Waals surface area contributed by atoms with Crippen LogP contribution in [0.25, 0.3) is 0 Å². The molecular weight excluding hydrogens is 458 g/mol. The normalized spacial score (nSPS) is 16.7. The lowest BCUT2D eigenvalue weighted by Crippen LogP contribution is -2.46. The smallest absolute Gasteiger partial charge is 0.423 e. The van der Waals surface area contributed by atoms with Crippen LogP contribution < -0.4 is 21.4 Å². The van der Waals surface area contributed by atoms with E-state index in [2.05, 4.69) is 31.4 Å². The molecule has 0 fully saturated rings. The van der Waals surface area contributed by atoms with Crippen molar-refractivity contribution in [1.82, 2.24) is 20.9 Å². The van der Waals surface area contributed by atoms with Crippen LogP contribution in [0.5, 0.6) is 0 Å². The number of hydrogen-bond donors (Lipinski definition) is 5. The van der Waals surface area contributed by atoms with Gasteiger partial charge in [-0.05, 0) is 63.5 Å². The van der Waals surface area contributed by atoms with E-state index in [1.54, 1.807) is 18.2 Å². The second kappa shape index (κ2) is 9.72. The maximum atomic E-state index is 13.5. The van der Waals surface area contributed by atoms with E-state index in [0.717, 1.165) is 16.7 Å². The Kier molecular flexibility index (Phi) is 6.34. The summed E-state index contributed by atoms with van der Waals surface area (Å²) in [5.74, 6) is -0.466. The van der Waals surface area contributed by atoms with Gasteiger partial charge in [0.05, 0.1) is 6.04 Å². The number of fused-ring (bicyclic) bond motifs is 2. The van der Waals surface area contributed by atoms with Gasteiger partial charge in [0.15, 0.2) is 11.5 Å². The molecular formula is C22H22BFN6O5. The number of oxime groups is 1. The maximum absolute atomic E-state index is 13.5. The van der Waals surface area contributed by atoms with E-state index < -0.39 is 7.12 Å². The number of nitrogens with zero attached hydrogens (tertiary/aromatic N) is 3. The number of amides is 1. The first kappa shape index (κ1) is 22.8. The summed E-state index contributed by atoms with van der Waals surface area (Å²) in [6, 6.07) is 9.59. The monoisotopic (exact) mass is 480 g/mol. The number of nitrogens with one attached hydrogen (secondary N) is 3. The van der Waals surface area contributed by atoms with Crippen molar-refractivity contribution in [1.29, 1.82) is 0 Å². The Morgan fingerprint density at radius 1 is 1.23 bits per heavy atom. The van der Waals surface area contributed by atoms with Crippen LogP contribution in [0.4, 0.5) is 10.2 Å². The van der Waals surface area contributed by atoms with E-state index in [1.165, 1.54) is 12.1 Å². The third-order valence-electron chi connectivity index (χ3n) is 6.07. The molecule has 3 aromatic rings. The van der Waals surface area contributed by atoms with Crippen molar-refractivity contribution < 1.29 is 28.7 Å². The van der Waals surface area contributed by atoms with E-state index in [9.17, 15) is 19.4 Å². The van der Waals surface area contributed by atoms with Gasteiger partial charge in [-0.15, -0.1) is 0 Å². The Balaban J connectivity index is 1.17. The summed E-state index contributed by atoms with van der Waals surface area (Å²) in [5, 5.41) is 39.3. The Hall–Kier alpha value is -3.97. The largest absolute Gasteiger partial charge is 0.492 e. The molecule has 5 N–H and O–H groups in total. The van der Waals surface area contributed by atoms with E-state index in [0.29, 0.717) is 30.5 Å². The Morgan fingerprint density at radius 3 is 2.97 bits per heavy atom. The molecule has 1 aromatic heterocycles. The quantitative estimate of drug-likeness (QED) is 0.0804. The predicted octanol–water partition coefficient (Wildman–Crippen LogP) is 0.334. The highest BCUT2D eigenvalue weighted by Gasteiger charge is 2.31. The van der Waals surface area contributed by atoms with Crippen molar-refractivity contribution in [2.24, 2.45) is 5.16 Å². The van der Waals surface area contributed by atoms with Crippen molar-refractivity contribution in [3.63, 3.8) is 0 Å². The van der Waals surface area contributed by atoms with Crippen molar-refractivity contribution in [2.75, 3.05) is 25.0 Å². The van der Waals surface area contributed by atoms with E-state index in [4.69, 9.17) is 9.28 Å². The molecule has 2 aromatic carbocycles. The molecule has 11 nitrogen and oxygen atoms in total. The molecule has 0 spiro atoms. The van der Waals surface area contributed by atoms with Gasteiger partial charge in [-0.3, -0.25) is 4.79 Å². The van der Waals surface area contributed by atoms with Gasteiger partial charge in [0.1, 0.15) is 5.82 Å². The first-order valence-electron chi connectivity index (χ1n) is 11.1. The number of halogens is 1. The fourth-order valence-corrected chi connectivity index (χ4v) is 4.31. The SMILES string of the molecule is O=C(NCCNc1nonc1/C(=N/O)N[C@H]1Cc2ccc(F)cc21)c1cccc2c1B(O)OCC2. The number of carbonyl (C=O) groups is 1. The van der Waals surface area contributed by atoms with Gasteiger partial charge in [0.25, 0.3) is 5.91 Å². The third kappa shape index (κ3) is 4.55. The fraction of sp³-hybridized carbons (Fsp3) is 0.273. The molecule has 13 heteroatoms. The van der Waals surface area contributed by atoms with E-state index >= 15 is 0 Å². The zero-order valence-corrected chi connectivity index (χ0v) is 18.5. The lowest BCUT2D eigenvalue weighted by Gasteiger charge is -2.31. The van der Waals surface area contributed by atoms with Gasteiger partial charge in [-0.25, -0.2) is 9.02 Å². The predicted molar refractivity (Wildman–Crippen MR) is 123 cm³/mol. The first-order chi connectivity index (χ1) is 17.0. The van der Waals surface area contributed by atoms with Crippen molar-refractivity contribution in [3.8, 4) is 0 Å². The Bertz CT molecular complexity index is 1280. The molecule has 0 bridgehead atoms. The van der Waals surface area contributed by atoms with Crippen LogP contribution in [0.15, 0.2) is 46.2 Å². The number of anilines is 1. The summed E-state index contributed by atoms with van der Waals surface area (Å²) in [4.78, 5) is 12.7. The van der Waals surface area contributed by atoms with Gasteiger partial charge < -0.3 is 30.8 Å². The van der Waals surface area contributed by atoms with Gasteiger partial charge in [0, 0.05) is 25.3 Å². The molecule has 1 aliphatic heterocycles. The molecule has 0 radical (unpaired) electrons. The first-order valence-corrected chi connectivity index (χ1v) is 11.1. The number of benzene rings is 2. The van der Waals surface area contributed by atoms with Crippen molar-refractivity contribution >= 4 is 30.1 Å². The van der Waals surface area contributed by atoms with Crippen LogP contribution in [-0.2, 0) is 17.5 Å². The Morgan fingerprint density at radius 2 is 2.11 bits per heavy atom. The van der Waals surface area contributed by atoms with Crippen LogP contribution in [0, 0.1) is 5.82 Å². The van der Waals surface area contributed by atoms with Crippen LogP contribution in [0.3, 0.4) is 0 Å². The fourth-order valence-electron chi connectivity index (χ4n) is 4.31. The summed E-state index contributed by atoms with van der Waals surface area (Å²) >= 11 is 0. The summed E-state index contributed by atoms with van der Waals surface area (Å²) < 4.78 is 23.6. The van der Waals surface area contributed by atoms with Gasteiger partial charge >= 0.3 is 7.12 Å². The van der Waals surface area contributed by atoms with Crippen molar-refractivity contribution in [2.45, 2.75) is 18.9 Å². The molecule has 0 unspecified atom stereocenters. The molecule has 1 amide bonds. The highest BCUT2D eigenvalue weighted by atomic mass is 19.1. The van der Waals surface area contributed by atoms with Crippen LogP contribution >= 0.6 is 0 Å². The van der Waals surface area contributed by atoms with Gasteiger partial charge in [-0.1, -0.05) is 23.4 Å². The third-order valence-corrected chi connectivity index (χ3v) is 6.07. The standard InChI is InChI=1S/C22H22BFN6O5/c24-14-5-4-13-10-17(16(13)11-14)27-21(28-33)19-20(30-35-29-19)25-7-8-26-22(31)15-3-1-2-12-6-9-34-23(32)18(12)15/h1-5,11,17,32-33H,6-10H2,(H,25,30)(H,26,31)(H,27,28)/t17-/m0/s1. The topological polar surface area (TPSA) is 154 Å². The number of carbonyl (C=O) groups excluding carboxylic acids is 1. The van der Waals surface area contributed by atoms with Crippen LogP contribution in [-0.4, -0.2) is 59.1 Å². The molecule has 180 valence electrons. The number of rotatable bonds is 7. The molecule has 1 atom stereocenters. The molecule has 0 saturated heterocycles. The molecule has 1 aliphatic carbocycles. The lowest BCUT2D eigenvalue weighted by atomic mass is 9.70. The molecule has 2 aliphatic rings. The highest BCUT2D eigenvalue weighted by Crippen LogP contribution is 2.33. The van der Waals surface area contributed by atoms with Crippen LogP contribution in [0.2, 0.25) is 0 Å². The van der Waals surface area contributed by atoms with Crippen molar-refractivity contribution in [3.05, 3.63) is 70.2 Å². The van der Waals surface area contributed by atoms with Gasteiger partial charge in [0.2, 0.25) is 5.82 Å². The van der Waals surface area contributed by atoms with E-state index in [1.807, 2.05) is 6.07 Å². The minimum absolute atomic E-state index is 0.0163. The van der Waals surface area contributed by atoms with E-state index in [-0.39, 0.29) is 48.2 Å². The highest BCUT2D eigenvalue weighted by molar-refractivity contribution is 6.62. The summed E-state index contributed by atoms with van der Waals surface area (Å²) in [5.41, 5.74) is 3.65. The average molecular weight is 480 g/mol. The average Bonchev–Trinajstić information content (AvgIpc) is 3.32. The number of amidine groups is 1. The Labute approximate surface area is 199 Å². The zero-order chi connectivity index (χ0) is 24.4. The summed E-state index contributed by atoms with van der Waals surface area (Å²) in [7, 11) is -1.13. The molecule has 5 rings (SSSR count). The molecule has 35 heavy (non-hydrogen) atoms. The minimum Gasteiger partial charge on any atom is -0.423 e. The van der Waals surface area contributed by atoms with Crippen LogP contribution in [0.1, 0.15) is 38.8 Å². The zero-order valence-electron chi connectivity index (χ0n) is 18.5. The second-order valence-corrected chi connectivity index (χ2v) is 8.19. The summed E-state index contributed by atoms with van der Waals surface area (Å²) in [6.45, 7) is 0.882. The minimum atomic E-state index is -1.13. The maximum Gasteiger partial charge on any atom is 0.492 e. The summed E-state index contributed by atoms with van der Waals surface area (Å²) in [6.07, 6.45) is 1.26. The van der Waals surface area contributed by atoms with Gasteiger partial charge in [-0.2, -0.15) is 0 Å². The molecule has 2 heterocycles.